The van der Waals surface area contributed by atoms with E-state index in [1.54, 1.807) is 13.8 Å². The molecule has 0 aliphatic heterocycles. The second kappa shape index (κ2) is 4.37. The zero-order valence-electron chi connectivity index (χ0n) is 8.64. The number of nitriles is 1. The van der Waals surface area contributed by atoms with E-state index in [0.717, 1.165) is 6.07 Å². The van der Waals surface area contributed by atoms with Gasteiger partial charge >= 0.3 is 0 Å². The number of nitrogens with one attached hydrogen (secondary N) is 1. The Balaban J connectivity index is 2.71. The van der Waals surface area contributed by atoms with Crippen molar-refractivity contribution in [2.75, 3.05) is 0 Å². The van der Waals surface area contributed by atoms with E-state index in [-0.39, 0.29) is 6.54 Å². The quantitative estimate of drug-likeness (QED) is 0.831. The molecule has 0 aliphatic carbocycles. The molecule has 0 atom stereocenters. The van der Waals surface area contributed by atoms with Crippen molar-refractivity contribution in [2.24, 2.45) is 0 Å². The molecule has 1 aromatic rings. The Bertz CT molecular complexity index is 394. The second-order valence-corrected chi connectivity index (χ2v) is 3.83. The Morgan fingerprint density at radius 1 is 1.40 bits per heavy atom. The Morgan fingerprint density at radius 3 is 2.60 bits per heavy atom. The van der Waals surface area contributed by atoms with Crippen LogP contribution in [0.1, 0.15) is 19.4 Å². The molecule has 1 N–H and O–H groups in total. The SMILES string of the molecule is CC(C)(C#N)NCc1ccc(F)cc1F. The first-order chi connectivity index (χ1) is 6.94. The second-order valence-electron chi connectivity index (χ2n) is 3.83. The van der Waals surface area contributed by atoms with Gasteiger partial charge in [-0.15, -0.1) is 0 Å². The molecule has 0 bridgehead atoms. The van der Waals surface area contributed by atoms with Gasteiger partial charge in [-0.2, -0.15) is 5.26 Å². The number of hydrogen-bond donors (Lipinski definition) is 1. The summed E-state index contributed by atoms with van der Waals surface area (Å²) >= 11 is 0. The number of hydrogen-bond acceptors (Lipinski definition) is 2. The van der Waals surface area contributed by atoms with Crippen LogP contribution in [0.4, 0.5) is 8.78 Å². The largest absolute Gasteiger partial charge is 0.296 e. The van der Waals surface area contributed by atoms with Crippen LogP contribution >= 0.6 is 0 Å². The minimum absolute atomic E-state index is 0.201. The first-order valence-electron chi connectivity index (χ1n) is 4.55. The van der Waals surface area contributed by atoms with Gasteiger partial charge in [0.2, 0.25) is 0 Å². The van der Waals surface area contributed by atoms with E-state index in [0.29, 0.717) is 5.56 Å². The van der Waals surface area contributed by atoms with Crippen LogP contribution < -0.4 is 5.32 Å². The van der Waals surface area contributed by atoms with Gasteiger partial charge in [-0.25, -0.2) is 8.78 Å². The molecule has 4 heteroatoms. The number of benzene rings is 1. The van der Waals surface area contributed by atoms with Crippen molar-refractivity contribution in [3.05, 3.63) is 35.4 Å². The van der Waals surface area contributed by atoms with E-state index < -0.39 is 17.2 Å². The van der Waals surface area contributed by atoms with Crippen molar-refractivity contribution in [3.63, 3.8) is 0 Å². The van der Waals surface area contributed by atoms with Crippen LogP contribution in [0, 0.1) is 23.0 Å². The molecule has 0 amide bonds. The molecule has 0 aliphatic rings. The molecule has 1 aromatic carbocycles. The van der Waals surface area contributed by atoms with E-state index >= 15 is 0 Å². The Morgan fingerprint density at radius 2 is 2.07 bits per heavy atom. The van der Waals surface area contributed by atoms with Gasteiger partial charge in [-0.3, -0.25) is 5.32 Å². The highest BCUT2D eigenvalue weighted by Crippen LogP contribution is 2.10. The molecule has 0 saturated heterocycles. The predicted molar refractivity (Wildman–Crippen MR) is 52.9 cm³/mol. The fourth-order valence-electron chi connectivity index (χ4n) is 1.02. The topological polar surface area (TPSA) is 35.8 Å². The molecule has 0 unspecified atom stereocenters. The third kappa shape index (κ3) is 3.30. The third-order valence-corrected chi connectivity index (χ3v) is 2.02. The van der Waals surface area contributed by atoms with Crippen molar-refractivity contribution in [3.8, 4) is 6.07 Å². The fraction of sp³-hybridized carbons (Fsp3) is 0.364. The molecule has 0 spiro atoms. The third-order valence-electron chi connectivity index (χ3n) is 2.02. The maximum absolute atomic E-state index is 13.2. The van der Waals surface area contributed by atoms with Crippen LogP contribution in [0.5, 0.6) is 0 Å². The molecule has 0 radical (unpaired) electrons. The van der Waals surface area contributed by atoms with Gasteiger partial charge in [0.25, 0.3) is 0 Å². The minimum Gasteiger partial charge on any atom is -0.296 e. The van der Waals surface area contributed by atoms with Crippen molar-refractivity contribution >= 4 is 0 Å². The van der Waals surface area contributed by atoms with Crippen molar-refractivity contribution < 1.29 is 8.78 Å². The maximum Gasteiger partial charge on any atom is 0.130 e. The average Bonchev–Trinajstić information content (AvgIpc) is 2.16. The van der Waals surface area contributed by atoms with Crippen LogP contribution in [0.3, 0.4) is 0 Å². The van der Waals surface area contributed by atoms with E-state index in [9.17, 15) is 8.78 Å². The lowest BCUT2D eigenvalue weighted by molar-refractivity contribution is 0.472. The summed E-state index contributed by atoms with van der Waals surface area (Å²) in [7, 11) is 0. The highest BCUT2D eigenvalue weighted by atomic mass is 19.1. The summed E-state index contributed by atoms with van der Waals surface area (Å²) in [5.74, 6) is -1.20. The summed E-state index contributed by atoms with van der Waals surface area (Å²) in [6.45, 7) is 3.58. The van der Waals surface area contributed by atoms with E-state index in [4.69, 9.17) is 5.26 Å². The van der Waals surface area contributed by atoms with Gasteiger partial charge in [0, 0.05) is 18.2 Å². The summed E-state index contributed by atoms with van der Waals surface area (Å²) in [5, 5.41) is 11.6. The number of nitrogens with zero attached hydrogens (tertiary/aromatic N) is 1. The molecule has 1 rings (SSSR count). The molecular weight excluding hydrogens is 198 g/mol. The van der Waals surface area contributed by atoms with Gasteiger partial charge in [-0.05, 0) is 19.9 Å². The molecule has 80 valence electrons. The molecular formula is C11H12F2N2. The van der Waals surface area contributed by atoms with Crippen molar-refractivity contribution in [1.82, 2.24) is 5.32 Å². The van der Waals surface area contributed by atoms with Crippen LogP contribution in [0.15, 0.2) is 18.2 Å². The lowest BCUT2D eigenvalue weighted by Crippen LogP contribution is -2.37. The zero-order chi connectivity index (χ0) is 11.5. The zero-order valence-corrected chi connectivity index (χ0v) is 8.64. The smallest absolute Gasteiger partial charge is 0.130 e. The van der Waals surface area contributed by atoms with Crippen LogP contribution in [0.2, 0.25) is 0 Å². The van der Waals surface area contributed by atoms with Gasteiger partial charge in [0.05, 0.1) is 6.07 Å². The monoisotopic (exact) mass is 210 g/mol. The molecule has 0 fully saturated rings. The number of halogens is 2. The number of rotatable bonds is 3. The highest BCUT2D eigenvalue weighted by Gasteiger charge is 2.15. The molecule has 0 heterocycles. The first-order valence-corrected chi connectivity index (χ1v) is 4.55. The lowest BCUT2D eigenvalue weighted by atomic mass is 10.1. The van der Waals surface area contributed by atoms with E-state index in [1.807, 2.05) is 6.07 Å². The van der Waals surface area contributed by atoms with Crippen LogP contribution in [-0.4, -0.2) is 5.54 Å². The minimum atomic E-state index is -0.721. The first kappa shape index (κ1) is 11.6. The fourth-order valence-corrected chi connectivity index (χ4v) is 1.02. The van der Waals surface area contributed by atoms with E-state index in [2.05, 4.69) is 5.32 Å². The normalized spacial score (nSPS) is 11.1. The van der Waals surface area contributed by atoms with Crippen LogP contribution in [0.25, 0.3) is 0 Å². The standard InChI is InChI=1S/C11H12F2N2/c1-11(2,7-14)15-6-8-3-4-9(12)5-10(8)13/h3-5,15H,6H2,1-2H3. The summed E-state index contributed by atoms with van der Waals surface area (Å²) in [4.78, 5) is 0. The summed E-state index contributed by atoms with van der Waals surface area (Å²) in [6.07, 6.45) is 0. The van der Waals surface area contributed by atoms with Crippen LogP contribution in [-0.2, 0) is 6.54 Å². The summed E-state index contributed by atoms with van der Waals surface area (Å²) in [5.41, 5.74) is -0.374. The van der Waals surface area contributed by atoms with Crippen molar-refractivity contribution in [2.45, 2.75) is 25.9 Å². The summed E-state index contributed by atoms with van der Waals surface area (Å²) < 4.78 is 25.7. The average molecular weight is 210 g/mol. The van der Waals surface area contributed by atoms with Gasteiger partial charge in [-0.1, -0.05) is 6.07 Å². The maximum atomic E-state index is 13.2. The predicted octanol–water partition coefficient (Wildman–Crippen LogP) is 2.36. The molecule has 0 aromatic heterocycles. The Labute approximate surface area is 87.5 Å². The Hall–Kier alpha value is -1.47. The Kier molecular flexibility index (Phi) is 3.38. The highest BCUT2D eigenvalue weighted by molar-refractivity contribution is 5.19. The molecule has 0 saturated carbocycles. The summed E-state index contributed by atoms with van der Waals surface area (Å²) in [6, 6.07) is 5.42. The van der Waals surface area contributed by atoms with Gasteiger partial charge in [0.15, 0.2) is 0 Å². The van der Waals surface area contributed by atoms with Crippen molar-refractivity contribution in [1.29, 1.82) is 5.26 Å². The van der Waals surface area contributed by atoms with E-state index in [1.165, 1.54) is 12.1 Å². The van der Waals surface area contributed by atoms with Gasteiger partial charge < -0.3 is 0 Å². The molecule has 15 heavy (non-hydrogen) atoms. The molecule has 2 nitrogen and oxygen atoms in total. The van der Waals surface area contributed by atoms with Gasteiger partial charge in [0.1, 0.15) is 17.2 Å². The lowest BCUT2D eigenvalue weighted by Gasteiger charge is -2.17.